The molecule has 1 atom stereocenters. The van der Waals surface area contributed by atoms with Gasteiger partial charge in [-0.05, 0) is 51.0 Å². The van der Waals surface area contributed by atoms with Crippen molar-refractivity contribution in [2.75, 3.05) is 11.2 Å². The van der Waals surface area contributed by atoms with Crippen LogP contribution in [0, 0.1) is 13.8 Å². The van der Waals surface area contributed by atoms with Crippen LogP contribution in [0.15, 0.2) is 35.5 Å². The second-order valence-corrected chi connectivity index (χ2v) is 7.60. The van der Waals surface area contributed by atoms with Gasteiger partial charge in [-0.15, -0.1) is 10.2 Å². The van der Waals surface area contributed by atoms with Crippen molar-refractivity contribution in [2.45, 2.75) is 44.5 Å². The first kappa shape index (κ1) is 19.0. The molecule has 27 heavy (non-hydrogen) atoms. The van der Waals surface area contributed by atoms with E-state index in [0.717, 1.165) is 23.5 Å². The predicted octanol–water partition coefficient (Wildman–Crippen LogP) is 2.48. The van der Waals surface area contributed by atoms with Gasteiger partial charge in [0, 0.05) is 11.4 Å². The van der Waals surface area contributed by atoms with Crippen molar-refractivity contribution >= 4 is 23.4 Å². The van der Waals surface area contributed by atoms with E-state index >= 15 is 0 Å². The fourth-order valence-electron chi connectivity index (χ4n) is 2.60. The molecule has 1 aromatic carbocycles. The van der Waals surface area contributed by atoms with Crippen molar-refractivity contribution < 1.29 is 4.79 Å². The third kappa shape index (κ3) is 4.13. The highest BCUT2D eigenvalue weighted by atomic mass is 32.2. The fraction of sp³-hybridized carbons (Fsp3) is 0.333. The van der Waals surface area contributed by atoms with Crippen molar-refractivity contribution in [3.63, 3.8) is 0 Å². The SMILES string of the molecule is CCc1ccc(NC(=O)C(C)Sc2nnc(-n3nc(C)cc3C)n2N)cc1. The zero-order valence-corrected chi connectivity index (χ0v) is 16.6. The number of benzene rings is 1. The Kier molecular flexibility index (Phi) is 5.50. The van der Waals surface area contributed by atoms with Crippen LogP contribution in [0.4, 0.5) is 5.69 Å². The molecule has 0 saturated carbocycles. The van der Waals surface area contributed by atoms with E-state index in [4.69, 9.17) is 5.84 Å². The first-order valence-corrected chi connectivity index (χ1v) is 9.57. The molecule has 2 heterocycles. The van der Waals surface area contributed by atoms with Gasteiger partial charge in [0.1, 0.15) is 0 Å². The van der Waals surface area contributed by atoms with E-state index in [1.807, 2.05) is 44.2 Å². The minimum Gasteiger partial charge on any atom is -0.334 e. The zero-order valence-electron chi connectivity index (χ0n) is 15.8. The number of carbonyl (C=O) groups is 1. The van der Waals surface area contributed by atoms with E-state index in [0.29, 0.717) is 11.1 Å². The minimum absolute atomic E-state index is 0.125. The van der Waals surface area contributed by atoms with Gasteiger partial charge in [0.25, 0.3) is 5.95 Å². The van der Waals surface area contributed by atoms with E-state index in [1.54, 1.807) is 11.6 Å². The standard InChI is InChI=1S/C18H23N7OS/c1-5-14-6-8-15(9-7-14)20-16(26)13(4)27-18-22-21-17(24(18)19)25-12(3)10-11(2)23-25/h6-10,13H,5,19H2,1-4H3,(H,20,26). The maximum Gasteiger partial charge on any atom is 0.271 e. The third-order valence-electron chi connectivity index (χ3n) is 4.13. The Morgan fingerprint density at radius 2 is 1.96 bits per heavy atom. The lowest BCUT2D eigenvalue weighted by Crippen LogP contribution is -2.24. The minimum atomic E-state index is -0.393. The highest BCUT2D eigenvalue weighted by Gasteiger charge is 2.21. The number of aromatic nitrogens is 5. The van der Waals surface area contributed by atoms with Gasteiger partial charge in [-0.25, -0.2) is 9.36 Å². The molecule has 8 nitrogen and oxygen atoms in total. The quantitative estimate of drug-likeness (QED) is 0.499. The Hall–Kier alpha value is -2.81. The molecule has 2 aromatic heterocycles. The molecule has 3 aromatic rings. The molecular formula is C18H23N7OS. The number of nitrogen functional groups attached to an aromatic ring is 1. The maximum absolute atomic E-state index is 12.5. The Morgan fingerprint density at radius 1 is 1.26 bits per heavy atom. The van der Waals surface area contributed by atoms with Crippen LogP contribution < -0.4 is 11.2 Å². The van der Waals surface area contributed by atoms with E-state index in [1.165, 1.54) is 22.0 Å². The summed E-state index contributed by atoms with van der Waals surface area (Å²) in [7, 11) is 0. The molecule has 0 fully saturated rings. The molecule has 3 rings (SSSR count). The molecule has 0 aliphatic carbocycles. The Balaban J connectivity index is 1.69. The largest absolute Gasteiger partial charge is 0.334 e. The summed E-state index contributed by atoms with van der Waals surface area (Å²) in [5.41, 5.74) is 3.77. The number of aryl methyl sites for hydroxylation is 3. The number of hydrogen-bond acceptors (Lipinski definition) is 6. The van der Waals surface area contributed by atoms with Crippen molar-refractivity contribution in [3.8, 4) is 5.95 Å². The molecule has 3 N–H and O–H groups in total. The summed E-state index contributed by atoms with van der Waals surface area (Å²) in [5.74, 6) is 6.41. The second-order valence-electron chi connectivity index (χ2n) is 6.29. The number of hydrogen-bond donors (Lipinski definition) is 2. The van der Waals surface area contributed by atoms with Crippen LogP contribution >= 0.6 is 11.8 Å². The Morgan fingerprint density at radius 3 is 2.56 bits per heavy atom. The van der Waals surface area contributed by atoms with E-state index in [2.05, 4.69) is 27.5 Å². The summed E-state index contributed by atoms with van der Waals surface area (Å²) >= 11 is 1.24. The summed E-state index contributed by atoms with van der Waals surface area (Å²) in [4.78, 5) is 12.5. The van der Waals surface area contributed by atoms with Crippen LogP contribution in [0.1, 0.15) is 30.8 Å². The first-order chi connectivity index (χ1) is 12.9. The number of nitrogens with two attached hydrogens (primary N) is 1. The van der Waals surface area contributed by atoms with Gasteiger partial charge in [-0.2, -0.15) is 5.10 Å². The molecule has 0 aliphatic rings. The number of rotatable bonds is 6. The number of anilines is 1. The van der Waals surface area contributed by atoms with Crippen LogP contribution in [0.5, 0.6) is 0 Å². The molecule has 0 aliphatic heterocycles. The average Bonchev–Trinajstić information content (AvgIpc) is 3.17. The predicted molar refractivity (Wildman–Crippen MR) is 107 cm³/mol. The molecule has 0 bridgehead atoms. The van der Waals surface area contributed by atoms with Gasteiger partial charge in [-0.3, -0.25) is 4.79 Å². The summed E-state index contributed by atoms with van der Waals surface area (Å²) < 4.78 is 2.98. The molecule has 1 unspecified atom stereocenters. The fourth-order valence-corrected chi connectivity index (χ4v) is 3.37. The Bertz CT molecular complexity index is 945. The molecule has 0 spiro atoms. The number of thioether (sulfide) groups is 1. The molecule has 1 amide bonds. The highest BCUT2D eigenvalue weighted by Crippen LogP contribution is 2.23. The Labute approximate surface area is 162 Å². The molecule has 0 radical (unpaired) electrons. The monoisotopic (exact) mass is 385 g/mol. The van der Waals surface area contributed by atoms with Crippen LogP contribution in [0.2, 0.25) is 0 Å². The lowest BCUT2D eigenvalue weighted by molar-refractivity contribution is -0.115. The van der Waals surface area contributed by atoms with Crippen LogP contribution in [-0.4, -0.2) is 35.8 Å². The van der Waals surface area contributed by atoms with Crippen LogP contribution in [-0.2, 0) is 11.2 Å². The summed E-state index contributed by atoms with van der Waals surface area (Å²) in [6, 6.07) is 9.75. The van der Waals surface area contributed by atoms with Gasteiger partial charge in [0.2, 0.25) is 11.1 Å². The average molecular weight is 385 g/mol. The smallest absolute Gasteiger partial charge is 0.271 e. The van der Waals surface area contributed by atoms with Gasteiger partial charge in [0.05, 0.1) is 10.9 Å². The van der Waals surface area contributed by atoms with Gasteiger partial charge < -0.3 is 11.2 Å². The molecular weight excluding hydrogens is 362 g/mol. The van der Waals surface area contributed by atoms with Gasteiger partial charge >= 0.3 is 0 Å². The van der Waals surface area contributed by atoms with Crippen LogP contribution in [0.3, 0.4) is 0 Å². The number of nitrogens with one attached hydrogen (secondary N) is 1. The summed E-state index contributed by atoms with van der Waals surface area (Å²) in [6.07, 6.45) is 0.963. The van der Waals surface area contributed by atoms with Crippen LogP contribution in [0.25, 0.3) is 5.95 Å². The van der Waals surface area contributed by atoms with Crippen molar-refractivity contribution in [1.29, 1.82) is 0 Å². The lowest BCUT2D eigenvalue weighted by Gasteiger charge is -2.12. The summed E-state index contributed by atoms with van der Waals surface area (Å²) in [5, 5.41) is 15.5. The first-order valence-electron chi connectivity index (χ1n) is 8.69. The topological polar surface area (TPSA) is 104 Å². The zero-order chi connectivity index (χ0) is 19.6. The third-order valence-corrected chi connectivity index (χ3v) is 5.18. The van der Waals surface area contributed by atoms with Gasteiger partial charge in [0.15, 0.2) is 0 Å². The number of carbonyl (C=O) groups excluding carboxylic acids is 1. The van der Waals surface area contributed by atoms with Crippen molar-refractivity contribution in [1.82, 2.24) is 24.7 Å². The van der Waals surface area contributed by atoms with E-state index < -0.39 is 5.25 Å². The maximum atomic E-state index is 12.5. The normalized spacial score (nSPS) is 12.1. The van der Waals surface area contributed by atoms with Crippen molar-refractivity contribution in [3.05, 3.63) is 47.3 Å². The van der Waals surface area contributed by atoms with E-state index in [9.17, 15) is 4.79 Å². The molecule has 9 heteroatoms. The molecule has 142 valence electrons. The number of amides is 1. The van der Waals surface area contributed by atoms with Crippen molar-refractivity contribution in [2.24, 2.45) is 0 Å². The molecule has 0 saturated heterocycles. The van der Waals surface area contributed by atoms with Gasteiger partial charge in [-0.1, -0.05) is 30.8 Å². The van der Waals surface area contributed by atoms with E-state index in [-0.39, 0.29) is 5.91 Å². The lowest BCUT2D eigenvalue weighted by atomic mass is 10.1. The number of nitrogens with zero attached hydrogens (tertiary/aromatic N) is 5. The summed E-state index contributed by atoms with van der Waals surface area (Å²) in [6.45, 7) is 7.71. The second kappa shape index (κ2) is 7.83. The highest BCUT2D eigenvalue weighted by molar-refractivity contribution is 8.00.